The molecule has 2 rings (SSSR count). The second-order valence-corrected chi connectivity index (χ2v) is 3.40. The van der Waals surface area contributed by atoms with E-state index in [0.717, 1.165) is 5.56 Å². The highest BCUT2D eigenvalue weighted by molar-refractivity contribution is 5.48. The van der Waals surface area contributed by atoms with Gasteiger partial charge in [0.15, 0.2) is 0 Å². The molecule has 0 aliphatic carbocycles. The Morgan fingerprint density at radius 2 is 2.06 bits per heavy atom. The van der Waals surface area contributed by atoms with Crippen molar-refractivity contribution in [2.45, 2.75) is 13.2 Å². The molecule has 0 atom stereocenters. The molecule has 1 aromatic heterocycles. The van der Waals surface area contributed by atoms with Gasteiger partial charge >= 0.3 is 0 Å². The van der Waals surface area contributed by atoms with Crippen LogP contribution in [0.2, 0.25) is 0 Å². The fraction of sp³-hybridized carbons (Fsp3) is 0.167. The number of aromatic nitrogens is 3. The molecule has 82 valence electrons. The zero-order valence-corrected chi connectivity index (χ0v) is 8.82. The van der Waals surface area contributed by atoms with Crippen molar-refractivity contribution in [2.75, 3.05) is 0 Å². The molecule has 0 aliphatic heterocycles. The lowest BCUT2D eigenvalue weighted by atomic mass is 10.2. The molecule has 0 saturated carbocycles. The smallest absolute Gasteiger partial charge is 0.108 e. The normalized spacial score (nSPS) is 11.1. The molecule has 0 radical (unpaired) electrons. The van der Waals surface area contributed by atoms with E-state index in [-0.39, 0.29) is 6.61 Å². The van der Waals surface area contributed by atoms with E-state index in [9.17, 15) is 0 Å². The number of benzene rings is 1. The molecule has 4 heteroatoms. The summed E-state index contributed by atoms with van der Waals surface area (Å²) < 4.78 is 1.69. The van der Waals surface area contributed by atoms with Crippen LogP contribution in [0.25, 0.3) is 6.08 Å². The van der Waals surface area contributed by atoms with Crippen LogP contribution in [-0.4, -0.2) is 20.1 Å². The lowest BCUT2D eigenvalue weighted by Gasteiger charge is -1.93. The van der Waals surface area contributed by atoms with Crippen molar-refractivity contribution in [3.05, 3.63) is 53.9 Å². The van der Waals surface area contributed by atoms with Crippen LogP contribution in [0.5, 0.6) is 0 Å². The van der Waals surface area contributed by atoms with Gasteiger partial charge in [-0.2, -0.15) is 0 Å². The Morgan fingerprint density at radius 3 is 2.75 bits per heavy atom. The fourth-order valence-electron chi connectivity index (χ4n) is 1.36. The third-order valence-corrected chi connectivity index (χ3v) is 2.15. The number of allylic oxidation sites excluding steroid dienone is 1. The summed E-state index contributed by atoms with van der Waals surface area (Å²) in [6.07, 6.45) is 5.76. The van der Waals surface area contributed by atoms with Crippen molar-refractivity contribution >= 4 is 6.08 Å². The SMILES string of the molecule is OCc1cn(C/C=C/c2ccccc2)nn1. The quantitative estimate of drug-likeness (QED) is 0.840. The summed E-state index contributed by atoms with van der Waals surface area (Å²) in [6, 6.07) is 10.1. The molecule has 0 saturated heterocycles. The lowest BCUT2D eigenvalue weighted by Crippen LogP contribution is -1.95. The Kier molecular flexibility index (Phi) is 3.46. The molecule has 1 aromatic carbocycles. The van der Waals surface area contributed by atoms with Crippen LogP contribution in [-0.2, 0) is 13.2 Å². The summed E-state index contributed by atoms with van der Waals surface area (Å²) in [6.45, 7) is 0.588. The molecular formula is C12H13N3O. The lowest BCUT2D eigenvalue weighted by molar-refractivity contribution is 0.276. The number of rotatable bonds is 4. The first-order chi connectivity index (χ1) is 7.88. The van der Waals surface area contributed by atoms with Crippen molar-refractivity contribution in [2.24, 2.45) is 0 Å². The third-order valence-electron chi connectivity index (χ3n) is 2.15. The molecule has 0 aliphatic rings. The van der Waals surface area contributed by atoms with Gasteiger partial charge in [-0.15, -0.1) is 5.10 Å². The second kappa shape index (κ2) is 5.23. The maximum absolute atomic E-state index is 8.82. The summed E-state index contributed by atoms with van der Waals surface area (Å²) in [5.41, 5.74) is 1.75. The predicted octanol–water partition coefficient (Wildman–Crippen LogP) is 1.48. The Balaban J connectivity index is 1.94. The molecule has 0 unspecified atom stereocenters. The van der Waals surface area contributed by atoms with Crippen molar-refractivity contribution < 1.29 is 5.11 Å². The number of aliphatic hydroxyl groups is 1. The van der Waals surface area contributed by atoms with E-state index < -0.39 is 0 Å². The molecule has 0 fully saturated rings. The van der Waals surface area contributed by atoms with Crippen LogP contribution in [0.1, 0.15) is 11.3 Å². The van der Waals surface area contributed by atoms with Gasteiger partial charge in [-0.05, 0) is 5.56 Å². The molecular weight excluding hydrogens is 202 g/mol. The average molecular weight is 215 g/mol. The minimum atomic E-state index is -0.0671. The number of aliphatic hydroxyl groups excluding tert-OH is 1. The molecule has 1 N–H and O–H groups in total. The van der Waals surface area contributed by atoms with Gasteiger partial charge < -0.3 is 5.11 Å². The first kappa shape index (κ1) is 10.6. The van der Waals surface area contributed by atoms with E-state index in [1.54, 1.807) is 10.9 Å². The number of hydrogen-bond acceptors (Lipinski definition) is 3. The molecule has 0 amide bonds. The van der Waals surface area contributed by atoms with Gasteiger partial charge in [0.05, 0.1) is 19.3 Å². The van der Waals surface area contributed by atoms with E-state index in [0.29, 0.717) is 12.2 Å². The van der Waals surface area contributed by atoms with Crippen LogP contribution in [0.15, 0.2) is 42.6 Å². The van der Waals surface area contributed by atoms with Gasteiger partial charge in [0, 0.05) is 0 Å². The summed E-state index contributed by atoms with van der Waals surface area (Å²) >= 11 is 0. The maximum Gasteiger partial charge on any atom is 0.108 e. The minimum Gasteiger partial charge on any atom is -0.390 e. The van der Waals surface area contributed by atoms with E-state index in [4.69, 9.17) is 5.11 Å². The Labute approximate surface area is 93.8 Å². The highest BCUT2D eigenvalue weighted by Crippen LogP contribution is 2.01. The Hall–Kier alpha value is -1.94. The summed E-state index contributed by atoms with van der Waals surface area (Å²) in [4.78, 5) is 0. The predicted molar refractivity (Wildman–Crippen MR) is 61.4 cm³/mol. The van der Waals surface area contributed by atoms with E-state index in [2.05, 4.69) is 10.3 Å². The summed E-state index contributed by atoms with van der Waals surface area (Å²) in [5, 5.41) is 16.5. The zero-order valence-electron chi connectivity index (χ0n) is 8.82. The van der Waals surface area contributed by atoms with Gasteiger partial charge in [-0.3, -0.25) is 0 Å². The van der Waals surface area contributed by atoms with Crippen molar-refractivity contribution in [3.63, 3.8) is 0 Å². The van der Waals surface area contributed by atoms with E-state index in [1.165, 1.54) is 0 Å². The third kappa shape index (κ3) is 2.77. The van der Waals surface area contributed by atoms with E-state index >= 15 is 0 Å². The van der Waals surface area contributed by atoms with Crippen molar-refractivity contribution in [1.82, 2.24) is 15.0 Å². The van der Waals surface area contributed by atoms with Gasteiger partial charge in [0.2, 0.25) is 0 Å². The first-order valence-corrected chi connectivity index (χ1v) is 5.10. The molecule has 4 nitrogen and oxygen atoms in total. The first-order valence-electron chi connectivity index (χ1n) is 5.10. The van der Waals surface area contributed by atoms with Crippen LogP contribution >= 0.6 is 0 Å². The van der Waals surface area contributed by atoms with Crippen LogP contribution in [0.4, 0.5) is 0 Å². The Morgan fingerprint density at radius 1 is 1.25 bits per heavy atom. The van der Waals surface area contributed by atoms with Crippen LogP contribution in [0.3, 0.4) is 0 Å². The van der Waals surface area contributed by atoms with Crippen LogP contribution < -0.4 is 0 Å². The standard InChI is InChI=1S/C12H13N3O/c16-10-12-9-15(14-13-12)8-4-7-11-5-2-1-3-6-11/h1-7,9,16H,8,10H2/b7-4+. The molecule has 0 spiro atoms. The molecule has 16 heavy (non-hydrogen) atoms. The zero-order chi connectivity index (χ0) is 11.2. The van der Waals surface area contributed by atoms with Crippen molar-refractivity contribution in [1.29, 1.82) is 0 Å². The minimum absolute atomic E-state index is 0.0671. The average Bonchev–Trinajstić information content (AvgIpc) is 2.78. The van der Waals surface area contributed by atoms with Gasteiger partial charge in [0.25, 0.3) is 0 Å². The molecule has 0 bridgehead atoms. The highest BCUT2D eigenvalue weighted by atomic mass is 16.3. The fourth-order valence-corrected chi connectivity index (χ4v) is 1.36. The van der Waals surface area contributed by atoms with Gasteiger partial charge in [0.1, 0.15) is 5.69 Å². The summed E-state index contributed by atoms with van der Waals surface area (Å²) in [7, 11) is 0. The largest absolute Gasteiger partial charge is 0.390 e. The number of nitrogens with zero attached hydrogens (tertiary/aromatic N) is 3. The monoisotopic (exact) mass is 215 g/mol. The maximum atomic E-state index is 8.82. The number of hydrogen-bond donors (Lipinski definition) is 1. The van der Waals surface area contributed by atoms with Crippen LogP contribution in [0, 0.1) is 0 Å². The second-order valence-electron chi connectivity index (χ2n) is 3.40. The highest BCUT2D eigenvalue weighted by Gasteiger charge is 1.95. The summed E-state index contributed by atoms with van der Waals surface area (Å²) in [5.74, 6) is 0. The molecule has 1 heterocycles. The van der Waals surface area contributed by atoms with E-state index in [1.807, 2.05) is 42.5 Å². The topological polar surface area (TPSA) is 50.9 Å². The molecule has 2 aromatic rings. The van der Waals surface area contributed by atoms with Crippen molar-refractivity contribution in [3.8, 4) is 0 Å². The Bertz CT molecular complexity index is 462. The van der Waals surface area contributed by atoms with Gasteiger partial charge in [-0.1, -0.05) is 47.7 Å². The van der Waals surface area contributed by atoms with Gasteiger partial charge in [-0.25, -0.2) is 4.68 Å².